The van der Waals surface area contributed by atoms with Crippen LogP contribution in [0.25, 0.3) is 0 Å². The smallest absolute Gasteiger partial charge is 0.0277 e. The molecule has 74 valence electrons. The molecule has 0 fully saturated rings. The van der Waals surface area contributed by atoms with Crippen molar-refractivity contribution in [1.82, 2.24) is 0 Å². The molecule has 0 N–H and O–H groups in total. The van der Waals surface area contributed by atoms with E-state index in [2.05, 4.69) is 18.8 Å². The maximum absolute atomic E-state index is 3.81. The van der Waals surface area contributed by atoms with Gasteiger partial charge in [-0.05, 0) is 19.4 Å². The Labute approximate surface area is 78.6 Å². The van der Waals surface area contributed by atoms with E-state index in [0.29, 0.717) is 0 Å². The zero-order chi connectivity index (χ0) is 10.4. The van der Waals surface area contributed by atoms with Crippen LogP contribution in [0, 0.1) is 0 Å². The van der Waals surface area contributed by atoms with Gasteiger partial charge in [0.15, 0.2) is 0 Å². The van der Waals surface area contributed by atoms with Crippen molar-refractivity contribution < 1.29 is 0 Å². The SMILES string of the molecule is C/C=C(/C)C=NC.CC.CCC. The lowest BCUT2D eigenvalue weighted by Gasteiger charge is -1.80. The molecule has 0 aliphatic heterocycles. The van der Waals surface area contributed by atoms with Gasteiger partial charge in [0.25, 0.3) is 0 Å². The molecule has 0 aromatic rings. The summed E-state index contributed by atoms with van der Waals surface area (Å²) in [5.41, 5.74) is 1.21. The minimum Gasteiger partial charge on any atom is -0.296 e. The quantitative estimate of drug-likeness (QED) is 0.527. The van der Waals surface area contributed by atoms with Gasteiger partial charge in [-0.2, -0.15) is 0 Å². The Morgan fingerprint density at radius 2 is 1.58 bits per heavy atom. The monoisotopic (exact) mass is 171 g/mol. The van der Waals surface area contributed by atoms with Crippen LogP contribution in [0.3, 0.4) is 0 Å². The van der Waals surface area contributed by atoms with Crippen LogP contribution < -0.4 is 0 Å². The van der Waals surface area contributed by atoms with Gasteiger partial charge in [0.05, 0.1) is 0 Å². The summed E-state index contributed by atoms with van der Waals surface area (Å²) in [4.78, 5) is 3.81. The van der Waals surface area contributed by atoms with Gasteiger partial charge in [0.1, 0.15) is 0 Å². The zero-order valence-corrected chi connectivity index (χ0v) is 9.81. The maximum atomic E-state index is 3.81. The number of aliphatic imine (C=N–C) groups is 1. The molecule has 0 aromatic carbocycles. The zero-order valence-electron chi connectivity index (χ0n) is 9.81. The van der Waals surface area contributed by atoms with Crippen molar-refractivity contribution in [1.29, 1.82) is 0 Å². The van der Waals surface area contributed by atoms with Gasteiger partial charge in [0.2, 0.25) is 0 Å². The summed E-state index contributed by atoms with van der Waals surface area (Å²) in [6.07, 6.45) is 5.10. The van der Waals surface area contributed by atoms with Crippen LogP contribution in [-0.2, 0) is 0 Å². The molecule has 0 amide bonds. The molecular formula is C11H25N. The molecule has 0 unspecified atom stereocenters. The number of hydrogen-bond acceptors (Lipinski definition) is 1. The first kappa shape index (κ1) is 17.5. The summed E-state index contributed by atoms with van der Waals surface area (Å²) >= 11 is 0. The lowest BCUT2D eigenvalue weighted by atomic mass is 10.3. The van der Waals surface area contributed by atoms with Crippen LogP contribution in [0.5, 0.6) is 0 Å². The third-order valence-corrected chi connectivity index (χ3v) is 0.788. The summed E-state index contributed by atoms with van der Waals surface area (Å²) in [5.74, 6) is 0. The van der Waals surface area contributed by atoms with Gasteiger partial charge in [0, 0.05) is 13.3 Å². The summed E-state index contributed by atoms with van der Waals surface area (Å²) in [6, 6.07) is 0. The second-order valence-electron chi connectivity index (χ2n) is 2.13. The van der Waals surface area contributed by atoms with E-state index < -0.39 is 0 Å². The topological polar surface area (TPSA) is 12.4 Å². The van der Waals surface area contributed by atoms with Crippen LogP contribution in [0.1, 0.15) is 48.0 Å². The Morgan fingerprint density at radius 1 is 1.25 bits per heavy atom. The second-order valence-corrected chi connectivity index (χ2v) is 2.13. The molecule has 0 aliphatic rings. The standard InChI is InChI=1S/C6H11N.C3H8.C2H6/c1-4-6(2)5-7-3;1-3-2;1-2/h4-5H,1-3H3;3H2,1-2H3;1-2H3/b6-4-,7-5?;;. The Morgan fingerprint density at radius 3 is 1.67 bits per heavy atom. The van der Waals surface area contributed by atoms with E-state index in [-0.39, 0.29) is 0 Å². The van der Waals surface area contributed by atoms with Gasteiger partial charge < -0.3 is 0 Å². The first-order valence-corrected chi connectivity index (χ1v) is 4.77. The predicted octanol–water partition coefficient (Wildman–Crippen LogP) is 4.10. The molecule has 0 aliphatic carbocycles. The molecule has 0 bridgehead atoms. The van der Waals surface area contributed by atoms with Gasteiger partial charge in [-0.3, -0.25) is 4.99 Å². The number of rotatable bonds is 1. The van der Waals surface area contributed by atoms with Crippen LogP contribution in [0.4, 0.5) is 0 Å². The van der Waals surface area contributed by atoms with Crippen molar-refractivity contribution in [3.63, 3.8) is 0 Å². The first-order chi connectivity index (χ1) is 5.72. The van der Waals surface area contributed by atoms with Crippen molar-refractivity contribution in [2.45, 2.75) is 48.0 Å². The third-order valence-electron chi connectivity index (χ3n) is 0.788. The van der Waals surface area contributed by atoms with Gasteiger partial charge in [-0.1, -0.05) is 40.2 Å². The van der Waals surface area contributed by atoms with Crippen LogP contribution in [-0.4, -0.2) is 13.3 Å². The predicted molar refractivity (Wildman–Crippen MR) is 61.2 cm³/mol. The van der Waals surface area contributed by atoms with Crippen LogP contribution in [0.15, 0.2) is 16.6 Å². The fourth-order valence-electron chi connectivity index (χ4n) is 0.278. The van der Waals surface area contributed by atoms with Crippen molar-refractivity contribution in [2.75, 3.05) is 7.05 Å². The van der Waals surface area contributed by atoms with Gasteiger partial charge >= 0.3 is 0 Å². The lowest BCUT2D eigenvalue weighted by molar-refractivity contribution is 1.09. The highest BCUT2D eigenvalue weighted by Crippen LogP contribution is 1.82. The average molecular weight is 171 g/mol. The fourth-order valence-corrected chi connectivity index (χ4v) is 0.278. The van der Waals surface area contributed by atoms with Crippen molar-refractivity contribution in [3.8, 4) is 0 Å². The van der Waals surface area contributed by atoms with Crippen molar-refractivity contribution in [3.05, 3.63) is 11.6 Å². The lowest BCUT2D eigenvalue weighted by Crippen LogP contribution is -1.72. The van der Waals surface area contributed by atoms with Crippen LogP contribution in [0.2, 0.25) is 0 Å². The molecule has 0 saturated carbocycles. The van der Waals surface area contributed by atoms with E-state index in [9.17, 15) is 0 Å². The highest BCUT2D eigenvalue weighted by Gasteiger charge is 1.71. The molecule has 0 aromatic heterocycles. The molecule has 0 radical (unpaired) electrons. The van der Waals surface area contributed by atoms with Crippen molar-refractivity contribution >= 4 is 6.21 Å². The fraction of sp³-hybridized carbons (Fsp3) is 0.727. The Hall–Kier alpha value is -0.590. The average Bonchev–Trinajstić information content (AvgIpc) is 2.10. The van der Waals surface area contributed by atoms with Gasteiger partial charge in [-0.25, -0.2) is 0 Å². The Balaban J connectivity index is -0.000000137. The van der Waals surface area contributed by atoms with E-state index in [1.165, 1.54) is 12.0 Å². The summed E-state index contributed by atoms with van der Waals surface area (Å²) in [6.45, 7) is 12.3. The molecule has 0 saturated heterocycles. The summed E-state index contributed by atoms with van der Waals surface area (Å²) in [5, 5.41) is 0. The Kier molecular flexibility index (Phi) is 32.7. The highest BCUT2D eigenvalue weighted by atomic mass is 14.6. The third kappa shape index (κ3) is 34.2. The van der Waals surface area contributed by atoms with Crippen molar-refractivity contribution in [2.24, 2.45) is 4.99 Å². The molecular weight excluding hydrogens is 146 g/mol. The minimum atomic E-state index is 1.21. The molecule has 0 atom stereocenters. The number of nitrogens with zero attached hydrogens (tertiary/aromatic N) is 1. The number of allylic oxidation sites excluding steroid dienone is 2. The Bertz CT molecular complexity index is 102. The van der Waals surface area contributed by atoms with E-state index in [1.807, 2.05) is 40.0 Å². The molecule has 0 rings (SSSR count). The molecule has 0 spiro atoms. The number of hydrogen-bond donors (Lipinski definition) is 0. The largest absolute Gasteiger partial charge is 0.296 e. The van der Waals surface area contributed by atoms with Crippen LogP contribution >= 0.6 is 0 Å². The molecule has 12 heavy (non-hydrogen) atoms. The van der Waals surface area contributed by atoms with E-state index >= 15 is 0 Å². The van der Waals surface area contributed by atoms with E-state index in [1.54, 1.807) is 7.05 Å². The normalized spacial score (nSPS) is 9.75. The van der Waals surface area contributed by atoms with E-state index in [4.69, 9.17) is 0 Å². The first-order valence-electron chi connectivity index (χ1n) is 4.77. The second kappa shape index (κ2) is 22.4. The molecule has 0 heterocycles. The molecule has 1 heteroatoms. The maximum Gasteiger partial charge on any atom is 0.0277 e. The minimum absolute atomic E-state index is 1.21. The van der Waals surface area contributed by atoms with Gasteiger partial charge in [-0.15, -0.1) is 0 Å². The summed E-state index contributed by atoms with van der Waals surface area (Å²) < 4.78 is 0. The summed E-state index contributed by atoms with van der Waals surface area (Å²) in [7, 11) is 1.77. The van der Waals surface area contributed by atoms with E-state index in [0.717, 1.165) is 0 Å². The highest BCUT2D eigenvalue weighted by molar-refractivity contribution is 5.77. The molecule has 1 nitrogen and oxygen atoms in total.